The fraction of sp³-hybridized carbons (Fsp3) is 0.636. The largest absolute Gasteiger partial charge is 0.416 e. The van der Waals surface area contributed by atoms with Crippen LogP contribution in [0.1, 0.15) is 68.9 Å². The summed E-state index contributed by atoms with van der Waals surface area (Å²) in [7, 11) is 0. The first kappa shape index (κ1) is 21.7. The van der Waals surface area contributed by atoms with E-state index in [4.69, 9.17) is 0 Å². The monoisotopic (exact) mass is 410 g/mol. The highest BCUT2D eigenvalue weighted by atomic mass is 19.4. The van der Waals surface area contributed by atoms with E-state index in [0.29, 0.717) is 18.4 Å². The van der Waals surface area contributed by atoms with Crippen molar-refractivity contribution in [3.8, 4) is 0 Å². The summed E-state index contributed by atoms with van der Waals surface area (Å²) >= 11 is 0. The minimum atomic E-state index is -4.44. The van der Waals surface area contributed by atoms with E-state index in [0.717, 1.165) is 63.7 Å². The summed E-state index contributed by atoms with van der Waals surface area (Å²) in [4.78, 5) is 27.3. The van der Waals surface area contributed by atoms with Gasteiger partial charge in [-0.15, -0.1) is 0 Å². The van der Waals surface area contributed by atoms with Crippen LogP contribution < -0.4 is 5.32 Å². The lowest BCUT2D eigenvalue weighted by molar-refractivity contribution is -0.138. The molecule has 0 aromatic heterocycles. The summed E-state index contributed by atoms with van der Waals surface area (Å²) in [5.41, 5.74) is -1.25. The fourth-order valence-electron chi connectivity index (χ4n) is 4.55. The summed E-state index contributed by atoms with van der Waals surface area (Å²) in [6.45, 7) is 1.75. The maximum atomic E-state index is 13.1. The number of benzene rings is 1. The summed E-state index contributed by atoms with van der Waals surface area (Å²) in [6.07, 6.45) is 2.75. The lowest BCUT2D eigenvalue weighted by Crippen LogP contribution is -2.44. The van der Waals surface area contributed by atoms with Crippen LogP contribution in [0.15, 0.2) is 24.3 Å². The molecule has 0 unspecified atom stereocenters. The zero-order valence-electron chi connectivity index (χ0n) is 16.7. The molecule has 0 bridgehead atoms. The van der Waals surface area contributed by atoms with Crippen molar-refractivity contribution >= 4 is 11.8 Å². The standard InChI is InChI=1S/C22H29F3N2O2/c23-22(24,25)18-9-7-8-17(16-18)21(11-3-4-12-21)20(29)26-13-10-19(28)27-14-5-1-2-6-15-27/h7-9,16H,1-6,10-15H2,(H,26,29). The van der Waals surface area contributed by atoms with Gasteiger partial charge in [-0.3, -0.25) is 9.59 Å². The fourth-order valence-corrected chi connectivity index (χ4v) is 4.55. The Labute approximate surface area is 169 Å². The number of hydrogen-bond donors (Lipinski definition) is 1. The third-order valence-corrected chi connectivity index (χ3v) is 6.22. The molecule has 29 heavy (non-hydrogen) atoms. The van der Waals surface area contributed by atoms with Crippen LogP contribution in [0.25, 0.3) is 0 Å². The van der Waals surface area contributed by atoms with E-state index < -0.39 is 17.2 Å². The number of rotatable bonds is 5. The first-order chi connectivity index (χ1) is 13.8. The van der Waals surface area contributed by atoms with Crippen molar-refractivity contribution in [2.45, 2.75) is 69.4 Å². The minimum absolute atomic E-state index is 0.0340. The molecular formula is C22H29F3N2O2. The van der Waals surface area contributed by atoms with Gasteiger partial charge in [-0.25, -0.2) is 0 Å². The van der Waals surface area contributed by atoms with Crippen LogP contribution in [0.5, 0.6) is 0 Å². The normalized spacial score (nSPS) is 19.6. The molecule has 1 saturated heterocycles. The molecule has 1 heterocycles. The van der Waals surface area contributed by atoms with E-state index in [1.807, 2.05) is 4.90 Å². The van der Waals surface area contributed by atoms with Crippen LogP contribution in [0.2, 0.25) is 0 Å². The molecule has 160 valence electrons. The van der Waals surface area contributed by atoms with Gasteiger partial charge >= 0.3 is 6.18 Å². The molecule has 0 atom stereocenters. The van der Waals surface area contributed by atoms with Crippen molar-refractivity contribution in [3.05, 3.63) is 35.4 Å². The molecule has 2 aliphatic rings. The Bertz CT molecular complexity index is 719. The summed E-state index contributed by atoms with van der Waals surface area (Å²) in [6, 6.07) is 5.12. The van der Waals surface area contributed by atoms with E-state index in [2.05, 4.69) is 5.32 Å². The highest BCUT2D eigenvalue weighted by molar-refractivity contribution is 5.89. The third kappa shape index (κ3) is 5.11. The summed E-state index contributed by atoms with van der Waals surface area (Å²) < 4.78 is 39.4. The van der Waals surface area contributed by atoms with Crippen LogP contribution in [0, 0.1) is 0 Å². The van der Waals surface area contributed by atoms with E-state index >= 15 is 0 Å². The maximum Gasteiger partial charge on any atom is 0.416 e. The Morgan fingerprint density at radius 3 is 2.28 bits per heavy atom. The van der Waals surface area contributed by atoms with E-state index in [1.54, 1.807) is 6.07 Å². The average molecular weight is 410 g/mol. The first-order valence-corrected chi connectivity index (χ1v) is 10.6. The van der Waals surface area contributed by atoms with Gasteiger partial charge in [-0.2, -0.15) is 13.2 Å². The van der Waals surface area contributed by atoms with Gasteiger partial charge < -0.3 is 10.2 Å². The number of likely N-dealkylation sites (tertiary alicyclic amines) is 1. The van der Waals surface area contributed by atoms with Crippen LogP contribution in [0.4, 0.5) is 13.2 Å². The molecule has 1 saturated carbocycles. The molecule has 1 aliphatic carbocycles. The SMILES string of the molecule is O=C(CCNC(=O)C1(c2cccc(C(F)(F)F)c2)CCCC1)N1CCCCCC1. The van der Waals surface area contributed by atoms with Gasteiger partial charge in [-0.1, -0.05) is 43.9 Å². The highest BCUT2D eigenvalue weighted by Gasteiger charge is 2.43. The zero-order valence-corrected chi connectivity index (χ0v) is 16.7. The van der Waals surface area contributed by atoms with Crippen molar-refractivity contribution in [1.82, 2.24) is 10.2 Å². The van der Waals surface area contributed by atoms with Gasteiger partial charge in [0.25, 0.3) is 0 Å². The molecule has 1 aromatic rings. The minimum Gasteiger partial charge on any atom is -0.355 e. The van der Waals surface area contributed by atoms with Gasteiger partial charge in [0.05, 0.1) is 11.0 Å². The Hall–Kier alpha value is -2.05. The Kier molecular flexibility index (Phi) is 6.85. The molecule has 0 spiro atoms. The van der Waals surface area contributed by atoms with Gasteiger partial charge in [0.2, 0.25) is 11.8 Å². The number of halogens is 3. The lowest BCUT2D eigenvalue weighted by Gasteiger charge is -2.29. The smallest absolute Gasteiger partial charge is 0.355 e. The second-order valence-corrected chi connectivity index (χ2v) is 8.17. The molecule has 1 aliphatic heterocycles. The Balaban J connectivity index is 1.65. The van der Waals surface area contributed by atoms with E-state index in [-0.39, 0.29) is 24.8 Å². The topological polar surface area (TPSA) is 49.4 Å². The van der Waals surface area contributed by atoms with E-state index in [9.17, 15) is 22.8 Å². The quantitative estimate of drug-likeness (QED) is 0.781. The number of nitrogens with zero attached hydrogens (tertiary/aromatic N) is 1. The number of carbonyl (C=O) groups is 2. The first-order valence-electron chi connectivity index (χ1n) is 10.6. The molecule has 7 heteroatoms. The number of carbonyl (C=O) groups excluding carboxylic acids is 2. The zero-order chi connectivity index (χ0) is 20.9. The number of nitrogens with one attached hydrogen (secondary N) is 1. The molecule has 0 radical (unpaired) electrons. The van der Waals surface area contributed by atoms with Crippen LogP contribution in [-0.2, 0) is 21.2 Å². The second kappa shape index (κ2) is 9.18. The predicted octanol–water partition coefficient (Wildman–Crippen LogP) is 4.43. The Morgan fingerprint density at radius 1 is 1.00 bits per heavy atom. The van der Waals surface area contributed by atoms with Gasteiger partial charge in [-0.05, 0) is 37.3 Å². The van der Waals surface area contributed by atoms with Crippen molar-refractivity contribution in [2.75, 3.05) is 19.6 Å². The average Bonchev–Trinajstić information content (AvgIpc) is 3.04. The number of alkyl halides is 3. The molecule has 2 amide bonds. The van der Waals surface area contributed by atoms with Gasteiger partial charge in [0.1, 0.15) is 0 Å². The Morgan fingerprint density at radius 2 is 1.66 bits per heavy atom. The van der Waals surface area contributed by atoms with Crippen molar-refractivity contribution in [1.29, 1.82) is 0 Å². The lowest BCUT2D eigenvalue weighted by atomic mass is 9.77. The van der Waals surface area contributed by atoms with Gasteiger partial charge in [0, 0.05) is 26.1 Å². The predicted molar refractivity (Wildman–Crippen MR) is 104 cm³/mol. The molecular weight excluding hydrogens is 381 g/mol. The van der Waals surface area contributed by atoms with Crippen LogP contribution in [-0.4, -0.2) is 36.3 Å². The molecule has 2 fully saturated rings. The molecule has 1 aromatic carbocycles. The highest BCUT2D eigenvalue weighted by Crippen LogP contribution is 2.43. The van der Waals surface area contributed by atoms with Crippen molar-refractivity contribution < 1.29 is 22.8 Å². The third-order valence-electron chi connectivity index (χ3n) is 6.22. The molecule has 3 rings (SSSR count). The molecule has 4 nitrogen and oxygen atoms in total. The second-order valence-electron chi connectivity index (χ2n) is 8.17. The van der Waals surface area contributed by atoms with Crippen molar-refractivity contribution in [3.63, 3.8) is 0 Å². The van der Waals surface area contributed by atoms with Crippen LogP contribution >= 0.6 is 0 Å². The maximum absolute atomic E-state index is 13.1. The summed E-state index contributed by atoms with van der Waals surface area (Å²) in [5, 5.41) is 2.84. The summed E-state index contributed by atoms with van der Waals surface area (Å²) in [5.74, 6) is -0.232. The number of amides is 2. The number of hydrogen-bond acceptors (Lipinski definition) is 2. The van der Waals surface area contributed by atoms with Crippen LogP contribution in [0.3, 0.4) is 0 Å². The molecule has 1 N–H and O–H groups in total. The van der Waals surface area contributed by atoms with E-state index in [1.165, 1.54) is 6.07 Å². The van der Waals surface area contributed by atoms with Crippen molar-refractivity contribution in [2.24, 2.45) is 0 Å². The van der Waals surface area contributed by atoms with Gasteiger partial charge in [0.15, 0.2) is 0 Å².